The molecule has 0 spiro atoms. The van der Waals surface area contributed by atoms with Crippen molar-refractivity contribution >= 4 is 22.2 Å². The van der Waals surface area contributed by atoms with Gasteiger partial charge in [0.05, 0.1) is 16.9 Å². The lowest BCUT2D eigenvalue weighted by Crippen LogP contribution is -2.16. The van der Waals surface area contributed by atoms with Gasteiger partial charge in [-0.2, -0.15) is 23.3 Å². The van der Waals surface area contributed by atoms with Crippen LogP contribution in [-0.4, -0.2) is 19.3 Å². The molecule has 0 bridgehead atoms. The van der Waals surface area contributed by atoms with E-state index in [0.29, 0.717) is 23.1 Å². The highest BCUT2D eigenvalue weighted by molar-refractivity contribution is 7.09. The summed E-state index contributed by atoms with van der Waals surface area (Å²) in [6, 6.07) is 8.79. The van der Waals surface area contributed by atoms with Crippen LogP contribution in [0.4, 0.5) is 13.2 Å². The van der Waals surface area contributed by atoms with Crippen LogP contribution in [0.5, 0.6) is 11.6 Å². The number of fused-ring (bicyclic) bond motifs is 1. The first-order chi connectivity index (χ1) is 14.3. The number of nitrogens with zero attached hydrogens (tertiary/aromatic N) is 4. The number of aryl methyl sites for hydroxylation is 1. The normalized spacial score (nSPS) is 14.4. The SMILES string of the molecule is Cc1c2cc(-n3ccc(Oc4csc(C(F)(F)F)n4)cc3=O)ccc2nn1C1CC1. The topological polar surface area (TPSA) is 61.9 Å². The smallest absolute Gasteiger partial charge is 0.438 e. The van der Waals surface area contributed by atoms with E-state index in [0.717, 1.165) is 34.8 Å². The molecule has 3 aromatic heterocycles. The van der Waals surface area contributed by atoms with E-state index in [2.05, 4.69) is 10.1 Å². The molecule has 30 heavy (non-hydrogen) atoms. The Balaban J connectivity index is 1.44. The second kappa shape index (κ2) is 6.69. The summed E-state index contributed by atoms with van der Waals surface area (Å²) in [5.74, 6) is -0.0805. The van der Waals surface area contributed by atoms with E-state index in [9.17, 15) is 18.0 Å². The first-order valence-electron chi connectivity index (χ1n) is 9.22. The summed E-state index contributed by atoms with van der Waals surface area (Å²) in [6.45, 7) is 2.01. The van der Waals surface area contributed by atoms with Crippen LogP contribution in [0.3, 0.4) is 0 Å². The molecule has 0 saturated heterocycles. The third-order valence-corrected chi connectivity index (χ3v) is 5.80. The molecular weight excluding hydrogens is 417 g/mol. The van der Waals surface area contributed by atoms with E-state index in [1.807, 2.05) is 29.8 Å². The quantitative estimate of drug-likeness (QED) is 0.450. The van der Waals surface area contributed by atoms with Crippen molar-refractivity contribution in [1.82, 2.24) is 19.3 Å². The Morgan fingerprint density at radius 3 is 2.67 bits per heavy atom. The van der Waals surface area contributed by atoms with E-state index in [1.165, 1.54) is 22.9 Å². The molecule has 1 saturated carbocycles. The third-order valence-electron chi connectivity index (χ3n) is 4.94. The monoisotopic (exact) mass is 432 g/mol. The predicted molar refractivity (Wildman–Crippen MR) is 106 cm³/mol. The Morgan fingerprint density at radius 2 is 2.00 bits per heavy atom. The zero-order valence-corrected chi connectivity index (χ0v) is 16.5. The van der Waals surface area contributed by atoms with Crippen LogP contribution < -0.4 is 10.3 Å². The number of rotatable bonds is 4. The lowest BCUT2D eigenvalue weighted by molar-refractivity contribution is -0.137. The van der Waals surface area contributed by atoms with E-state index in [4.69, 9.17) is 4.74 Å². The van der Waals surface area contributed by atoms with Gasteiger partial charge in [-0.1, -0.05) is 0 Å². The molecule has 0 atom stereocenters. The van der Waals surface area contributed by atoms with Gasteiger partial charge in [-0.3, -0.25) is 14.0 Å². The lowest BCUT2D eigenvalue weighted by Gasteiger charge is -2.08. The molecule has 3 heterocycles. The van der Waals surface area contributed by atoms with Crippen molar-refractivity contribution in [2.24, 2.45) is 0 Å². The lowest BCUT2D eigenvalue weighted by atomic mass is 10.2. The van der Waals surface area contributed by atoms with Crippen molar-refractivity contribution in [1.29, 1.82) is 0 Å². The fourth-order valence-corrected chi connectivity index (χ4v) is 3.92. The average molecular weight is 432 g/mol. The molecule has 6 nitrogen and oxygen atoms in total. The van der Waals surface area contributed by atoms with Gasteiger partial charge in [-0.25, -0.2) is 0 Å². The molecule has 0 N–H and O–H groups in total. The minimum Gasteiger partial charge on any atom is -0.438 e. The van der Waals surface area contributed by atoms with Crippen LogP contribution in [0.15, 0.2) is 46.7 Å². The zero-order valence-electron chi connectivity index (χ0n) is 15.7. The van der Waals surface area contributed by atoms with Gasteiger partial charge in [0.15, 0.2) is 0 Å². The summed E-state index contributed by atoms with van der Waals surface area (Å²) in [6.07, 6.45) is -0.742. The number of hydrogen-bond acceptors (Lipinski definition) is 5. The number of benzene rings is 1. The van der Waals surface area contributed by atoms with Gasteiger partial charge in [0.2, 0.25) is 10.9 Å². The summed E-state index contributed by atoms with van der Waals surface area (Å²) in [4.78, 5) is 16.0. The number of hydrogen-bond donors (Lipinski definition) is 0. The molecule has 0 aliphatic heterocycles. The van der Waals surface area contributed by atoms with Crippen LogP contribution in [0.1, 0.15) is 29.6 Å². The van der Waals surface area contributed by atoms with E-state index in [-0.39, 0.29) is 17.2 Å². The van der Waals surface area contributed by atoms with Crippen LogP contribution in [-0.2, 0) is 6.18 Å². The maximum atomic E-state index is 12.7. The van der Waals surface area contributed by atoms with Gasteiger partial charge < -0.3 is 4.74 Å². The van der Waals surface area contributed by atoms with E-state index < -0.39 is 11.2 Å². The molecule has 1 aliphatic rings. The summed E-state index contributed by atoms with van der Waals surface area (Å²) in [7, 11) is 0. The molecule has 10 heteroatoms. The maximum Gasteiger partial charge on any atom is 0.443 e. The Morgan fingerprint density at radius 1 is 1.20 bits per heavy atom. The second-order valence-electron chi connectivity index (χ2n) is 7.12. The second-order valence-corrected chi connectivity index (χ2v) is 7.98. The van der Waals surface area contributed by atoms with Gasteiger partial charge in [0.1, 0.15) is 5.75 Å². The number of aromatic nitrogens is 4. The summed E-state index contributed by atoms with van der Waals surface area (Å²) in [5.41, 5.74) is 2.24. The van der Waals surface area contributed by atoms with Crippen molar-refractivity contribution < 1.29 is 17.9 Å². The summed E-state index contributed by atoms with van der Waals surface area (Å²) < 4.78 is 46.8. The molecule has 154 valence electrons. The predicted octanol–water partition coefficient (Wildman–Crippen LogP) is 5.10. The highest BCUT2D eigenvalue weighted by atomic mass is 32.1. The molecule has 5 rings (SSSR count). The van der Waals surface area contributed by atoms with Crippen molar-refractivity contribution in [2.75, 3.05) is 0 Å². The number of alkyl halides is 3. The molecule has 1 aromatic carbocycles. The van der Waals surface area contributed by atoms with Crippen molar-refractivity contribution in [3.8, 4) is 17.3 Å². The van der Waals surface area contributed by atoms with Crippen LogP contribution >= 0.6 is 11.3 Å². The number of thiazole rings is 1. The Hall–Kier alpha value is -3.14. The summed E-state index contributed by atoms with van der Waals surface area (Å²) in [5, 5.41) is 5.77. The first-order valence-corrected chi connectivity index (χ1v) is 10.1. The van der Waals surface area contributed by atoms with Gasteiger partial charge in [-0.05, 0) is 44.0 Å². The van der Waals surface area contributed by atoms with Crippen LogP contribution in [0, 0.1) is 6.92 Å². The van der Waals surface area contributed by atoms with Crippen LogP contribution in [0.2, 0.25) is 0 Å². The van der Waals surface area contributed by atoms with Gasteiger partial charge in [-0.15, -0.1) is 11.3 Å². The van der Waals surface area contributed by atoms with Gasteiger partial charge in [0, 0.05) is 29.0 Å². The zero-order chi connectivity index (χ0) is 21.0. The van der Waals surface area contributed by atoms with Gasteiger partial charge in [0.25, 0.3) is 5.56 Å². The third kappa shape index (κ3) is 3.36. The standard InChI is InChI=1S/C20H15F3N4O2S/c1-11-15-8-13(4-5-16(15)25-27(11)12-2-3-12)26-7-6-14(9-18(26)28)29-17-10-30-19(24-17)20(21,22)23/h4-10,12H,2-3H2,1H3. The van der Waals surface area contributed by atoms with E-state index in [1.54, 1.807) is 0 Å². The number of ether oxygens (including phenoxy) is 1. The van der Waals surface area contributed by atoms with Crippen molar-refractivity contribution in [3.05, 3.63) is 63.0 Å². The highest BCUT2D eigenvalue weighted by Crippen LogP contribution is 2.37. The molecule has 1 fully saturated rings. The fraction of sp³-hybridized carbons (Fsp3) is 0.250. The van der Waals surface area contributed by atoms with Gasteiger partial charge >= 0.3 is 6.18 Å². The average Bonchev–Trinajstić information content (AvgIpc) is 3.33. The van der Waals surface area contributed by atoms with Crippen LogP contribution in [0.25, 0.3) is 16.6 Å². The Kier molecular flexibility index (Phi) is 4.21. The van der Waals surface area contributed by atoms with Crippen molar-refractivity contribution in [3.63, 3.8) is 0 Å². The van der Waals surface area contributed by atoms with Crippen molar-refractivity contribution in [2.45, 2.75) is 32.0 Å². The highest BCUT2D eigenvalue weighted by Gasteiger charge is 2.35. The largest absolute Gasteiger partial charge is 0.443 e. The molecule has 0 radical (unpaired) electrons. The maximum absolute atomic E-state index is 12.7. The molecule has 1 aliphatic carbocycles. The summed E-state index contributed by atoms with van der Waals surface area (Å²) >= 11 is 0.438. The van der Waals surface area contributed by atoms with E-state index >= 15 is 0 Å². The minimum atomic E-state index is -4.53. The first kappa shape index (κ1) is 18.9. The molecule has 0 unspecified atom stereocenters. The number of pyridine rings is 1. The Labute approximate surface area is 172 Å². The number of halogens is 3. The minimum absolute atomic E-state index is 0.120. The molecule has 4 aromatic rings. The Bertz CT molecular complexity index is 1320. The molecule has 0 amide bonds. The molecular formula is C20H15F3N4O2S. The fourth-order valence-electron chi connectivity index (χ4n) is 3.33.